The van der Waals surface area contributed by atoms with Gasteiger partial charge in [0.2, 0.25) is 11.4 Å². The lowest BCUT2D eigenvalue weighted by atomic mass is 10.0. The van der Waals surface area contributed by atoms with Gasteiger partial charge in [-0.1, -0.05) is 84.9 Å². The summed E-state index contributed by atoms with van der Waals surface area (Å²) >= 11 is 0. The number of rotatable bonds is 3. The molecule has 10 rings (SSSR count). The summed E-state index contributed by atoms with van der Waals surface area (Å²) in [6.45, 7) is 0. The molecular weight excluding hydrogens is 540 g/mol. The number of furan rings is 2. The van der Waals surface area contributed by atoms with E-state index in [2.05, 4.69) is 118 Å². The van der Waals surface area contributed by atoms with Crippen molar-refractivity contribution < 1.29 is 8.83 Å². The van der Waals surface area contributed by atoms with E-state index in [-0.39, 0.29) is 0 Å². The van der Waals surface area contributed by atoms with E-state index in [4.69, 9.17) is 8.83 Å². The molecule has 44 heavy (non-hydrogen) atoms. The van der Waals surface area contributed by atoms with Crippen molar-refractivity contribution in [3.8, 4) is 22.5 Å². The first-order chi connectivity index (χ1) is 21.8. The van der Waals surface area contributed by atoms with E-state index in [1.165, 1.54) is 5.39 Å². The van der Waals surface area contributed by atoms with Crippen LogP contribution in [0.1, 0.15) is 0 Å². The molecule has 0 amide bonds. The topological polar surface area (TPSA) is 36.1 Å². The van der Waals surface area contributed by atoms with Crippen molar-refractivity contribution in [1.29, 1.82) is 0 Å². The maximum absolute atomic E-state index is 6.65. The van der Waals surface area contributed by atoms with E-state index in [1.807, 2.05) is 36.4 Å². The van der Waals surface area contributed by atoms with Gasteiger partial charge in [-0.2, -0.15) is 0 Å². The van der Waals surface area contributed by atoms with E-state index in [9.17, 15) is 0 Å². The van der Waals surface area contributed by atoms with E-state index in [0.717, 1.165) is 83.1 Å². The SMILES string of the molecule is c1ccc2c(c#1)c1c3ccc(-c4cccc(-n5c6ccccc6c6c7ccccc7oc65)c4)cc3oc1n2-c1ccccc1. The molecule has 4 heterocycles. The molecule has 0 aliphatic heterocycles. The van der Waals surface area contributed by atoms with Gasteiger partial charge in [0.15, 0.2) is 0 Å². The maximum Gasteiger partial charge on any atom is 0.214 e. The van der Waals surface area contributed by atoms with Crippen molar-refractivity contribution >= 4 is 65.9 Å². The Balaban J connectivity index is 1.17. The highest BCUT2D eigenvalue weighted by molar-refractivity contribution is 6.21. The Morgan fingerprint density at radius 3 is 2.11 bits per heavy atom. The Bertz CT molecular complexity index is 2720. The lowest BCUT2D eigenvalue weighted by Crippen LogP contribution is -1.93. The highest BCUT2D eigenvalue weighted by atomic mass is 16.3. The Kier molecular flexibility index (Phi) is 4.61. The molecular formula is C40H22N2O2. The molecule has 0 saturated carbocycles. The largest absolute Gasteiger partial charge is 0.439 e. The molecule has 0 N–H and O–H groups in total. The summed E-state index contributed by atoms with van der Waals surface area (Å²) in [6.07, 6.45) is 0. The summed E-state index contributed by atoms with van der Waals surface area (Å²) in [6, 6.07) is 52.7. The highest BCUT2D eigenvalue weighted by Crippen LogP contribution is 2.41. The second-order valence-electron chi connectivity index (χ2n) is 11.2. The Morgan fingerprint density at radius 1 is 0.477 bits per heavy atom. The van der Waals surface area contributed by atoms with E-state index in [0.29, 0.717) is 0 Å². The molecule has 6 aromatic carbocycles. The van der Waals surface area contributed by atoms with Crippen LogP contribution in [0, 0.1) is 12.1 Å². The van der Waals surface area contributed by atoms with Gasteiger partial charge < -0.3 is 8.83 Å². The molecule has 0 aliphatic rings. The number of fused-ring (bicyclic) bond motifs is 10. The summed E-state index contributed by atoms with van der Waals surface area (Å²) in [5, 5.41) is 6.59. The van der Waals surface area contributed by atoms with Crippen molar-refractivity contribution in [2.45, 2.75) is 0 Å². The monoisotopic (exact) mass is 562 g/mol. The molecule has 4 aromatic heterocycles. The molecule has 204 valence electrons. The number of hydrogen-bond acceptors (Lipinski definition) is 2. The summed E-state index contributed by atoms with van der Waals surface area (Å²) in [5.74, 6) is 0. The summed E-state index contributed by atoms with van der Waals surface area (Å²) < 4.78 is 17.5. The fourth-order valence-electron chi connectivity index (χ4n) is 6.88. The Hall–Kier alpha value is -6.18. The number of benzene rings is 5. The molecule has 0 spiro atoms. The highest BCUT2D eigenvalue weighted by Gasteiger charge is 2.21. The molecule has 0 saturated heterocycles. The Morgan fingerprint density at radius 2 is 1.18 bits per heavy atom. The number of hydrogen-bond donors (Lipinski definition) is 0. The second kappa shape index (κ2) is 8.67. The lowest BCUT2D eigenvalue weighted by molar-refractivity contribution is 0.645. The third kappa shape index (κ3) is 3.13. The van der Waals surface area contributed by atoms with Gasteiger partial charge in [-0.15, -0.1) is 0 Å². The van der Waals surface area contributed by atoms with Crippen LogP contribution < -0.4 is 0 Å². The number of nitrogens with zero attached hydrogens (tertiary/aromatic N) is 2. The summed E-state index contributed by atoms with van der Waals surface area (Å²) in [4.78, 5) is 0. The van der Waals surface area contributed by atoms with E-state index >= 15 is 0 Å². The molecule has 0 unspecified atom stereocenters. The van der Waals surface area contributed by atoms with Crippen molar-refractivity contribution in [2.75, 3.05) is 0 Å². The fraction of sp³-hybridized carbons (Fsp3) is 0. The van der Waals surface area contributed by atoms with Gasteiger partial charge in [-0.05, 0) is 71.8 Å². The van der Waals surface area contributed by atoms with Gasteiger partial charge in [-0.25, -0.2) is 0 Å². The van der Waals surface area contributed by atoms with Crippen LogP contribution in [0.2, 0.25) is 0 Å². The minimum Gasteiger partial charge on any atom is -0.439 e. The van der Waals surface area contributed by atoms with Gasteiger partial charge >= 0.3 is 0 Å². The smallest absolute Gasteiger partial charge is 0.214 e. The third-order valence-electron chi connectivity index (χ3n) is 8.79. The summed E-state index contributed by atoms with van der Waals surface area (Å²) in [5.41, 5.74) is 9.86. The van der Waals surface area contributed by atoms with Gasteiger partial charge in [0.1, 0.15) is 11.2 Å². The predicted octanol–water partition coefficient (Wildman–Crippen LogP) is 10.6. The van der Waals surface area contributed by atoms with Crippen molar-refractivity contribution in [1.82, 2.24) is 9.13 Å². The predicted molar refractivity (Wildman–Crippen MR) is 178 cm³/mol. The van der Waals surface area contributed by atoms with Crippen LogP contribution in [0.4, 0.5) is 0 Å². The van der Waals surface area contributed by atoms with Gasteiger partial charge in [-0.3, -0.25) is 9.13 Å². The van der Waals surface area contributed by atoms with Crippen molar-refractivity contribution in [3.05, 3.63) is 146 Å². The molecule has 0 aliphatic carbocycles. The zero-order valence-electron chi connectivity index (χ0n) is 23.4. The lowest BCUT2D eigenvalue weighted by Gasteiger charge is -2.09. The number of para-hydroxylation sites is 3. The molecule has 0 bridgehead atoms. The van der Waals surface area contributed by atoms with Crippen LogP contribution in [0.3, 0.4) is 0 Å². The Labute approximate surface area is 251 Å². The second-order valence-corrected chi connectivity index (χ2v) is 11.2. The van der Waals surface area contributed by atoms with Crippen LogP contribution in [-0.4, -0.2) is 9.13 Å². The van der Waals surface area contributed by atoms with Crippen LogP contribution in [0.15, 0.2) is 142 Å². The third-order valence-corrected chi connectivity index (χ3v) is 8.79. The van der Waals surface area contributed by atoms with Crippen LogP contribution in [-0.2, 0) is 0 Å². The molecule has 0 atom stereocenters. The summed E-state index contributed by atoms with van der Waals surface area (Å²) in [7, 11) is 0. The van der Waals surface area contributed by atoms with Crippen molar-refractivity contribution in [2.24, 2.45) is 0 Å². The first kappa shape index (κ1) is 23.4. The van der Waals surface area contributed by atoms with Crippen LogP contribution >= 0.6 is 0 Å². The normalized spacial score (nSPS) is 11.9. The molecule has 10 aromatic rings. The van der Waals surface area contributed by atoms with Crippen molar-refractivity contribution in [3.63, 3.8) is 0 Å². The van der Waals surface area contributed by atoms with E-state index < -0.39 is 0 Å². The van der Waals surface area contributed by atoms with Gasteiger partial charge in [0.05, 0.1) is 27.2 Å². The average Bonchev–Trinajstić information content (AvgIpc) is 3.81. The number of aromatic nitrogens is 2. The fourth-order valence-corrected chi connectivity index (χ4v) is 6.88. The van der Waals surface area contributed by atoms with Gasteiger partial charge in [0.25, 0.3) is 0 Å². The molecule has 4 heteroatoms. The standard InChI is InChI=1S/C40H22N2O2/c1-2-12-27(13-3-1)41-33-18-7-4-15-29(33)38-32-22-21-26(24-36(32)44-39(38)41)25-11-10-14-28(23-25)42-34-19-8-5-16-30(34)37-31-17-6-9-20-35(31)43-40(37)42/h1-3,5-14,16-24H. The van der Waals surface area contributed by atoms with E-state index in [1.54, 1.807) is 0 Å². The quantitative estimate of drug-likeness (QED) is 0.215. The van der Waals surface area contributed by atoms with Gasteiger partial charge in [0, 0.05) is 27.5 Å². The molecule has 0 radical (unpaired) electrons. The average molecular weight is 563 g/mol. The first-order valence-corrected chi connectivity index (χ1v) is 14.7. The zero-order valence-corrected chi connectivity index (χ0v) is 23.4. The minimum absolute atomic E-state index is 0.814. The van der Waals surface area contributed by atoms with Crippen LogP contribution in [0.5, 0.6) is 0 Å². The van der Waals surface area contributed by atoms with Crippen LogP contribution in [0.25, 0.3) is 88.4 Å². The molecule has 4 nitrogen and oxygen atoms in total. The first-order valence-electron chi connectivity index (χ1n) is 14.7. The zero-order chi connectivity index (χ0) is 28.8. The maximum atomic E-state index is 6.65. The minimum atomic E-state index is 0.814. The molecule has 0 fully saturated rings.